The number of benzene rings is 1. The van der Waals surface area contributed by atoms with Crippen molar-refractivity contribution in [3.63, 3.8) is 0 Å². The van der Waals surface area contributed by atoms with Crippen molar-refractivity contribution in [2.75, 3.05) is 5.75 Å². The molecule has 1 aromatic heterocycles. The third-order valence-corrected chi connectivity index (χ3v) is 6.84. The van der Waals surface area contributed by atoms with Crippen LogP contribution in [0.25, 0.3) is 0 Å². The van der Waals surface area contributed by atoms with Crippen LogP contribution in [0.3, 0.4) is 0 Å². The van der Waals surface area contributed by atoms with E-state index in [4.69, 9.17) is 0 Å². The summed E-state index contributed by atoms with van der Waals surface area (Å²) in [5.74, 6) is 0.926. The number of rotatable bonds is 10. The molecular formula is C25H35N5O2S. The van der Waals surface area contributed by atoms with E-state index in [1.165, 1.54) is 31.0 Å². The van der Waals surface area contributed by atoms with Crippen molar-refractivity contribution in [1.82, 2.24) is 25.4 Å². The van der Waals surface area contributed by atoms with Gasteiger partial charge in [-0.2, -0.15) is 0 Å². The van der Waals surface area contributed by atoms with E-state index in [2.05, 4.69) is 27.4 Å². The van der Waals surface area contributed by atoms with Gasteiger partial charge in [0.1, 0.15) is 0 Å². The number of nitrogens with one attached hydrogen (secondary N) is 2. The predicted octanol–water partition coefficient (Wildman–Crippen LogP) is 4.44. The second kappa shape index (κ2) is 12.0. The molecular weight excluding hydrogens is 434 g/mol. The first-order valence-electron chi connectivity index (χ1n) is 11.7. The lowest BCUT2D eigenvalue weighted by Gasteiger charge is -2.23. The number of thioether (sulfide) groups is 1. The van der Waals surface area contributed by atoms with Crippen LogP contribution in [0.15, 0.2) is 42.1 Å². The Morgan fingerprint density at radius 2 is 2.00 bits per heavy atom. The molecule has 8 heteroatoms. The summed E-state index contributed by atoms with van der Waals surface area (Å²) < 4.78 is 1.94. The van der Waals surface area contributed by atoms with Crippen LogP contribution in [0.4, 0.5) is 0 Å². The molecule has 1 saturated carbocycles. The summed E-state index contributed by atoms with van der Waals surface area (Å²) in [6.07, 6.45) is 7.51. The van der Waals surface area contributed by atoms with Crippen LogP contribution in [-0.4, -0.2) is 38.4 Å². The number of allylic oxidation sites excluding steroid dienone is 1. The highest BCUT2D eigenvalue weighted by Crippen LogP contribution is 2.26. The largest absolute Gasteiger partial charge is 0.353 e. The highest BCUT2D eigenvalue weighted by Gasteiger charge is 2.26. The van der Waals surface area contributed by atoms with E-state index in [-0.39, 0.29) is 35.6 Å². The Morgan fingerprint density at radius 1 is 1.24 bits per heavy atom. The Labute approximate surface area is 200 Å². The molecule has 0 saturated heterocycles. The van der Waals surface area contributed by atoms with E-state index in [0.717, 1.165) is 18.4 Å². The number of hydrogen-bond acceptors (Lipinski definition) is 5. The first-order chi connectivity index (χ1) is 15.9. The van der Waals surface area contributed by atoms with E-state index < -0.39 is 0 Å². The van der Waals surface area contributed by atoms with Crippen molar-refractivity contribution < 1.29 is 9.59 Å². The quantitative estimate of drug-likeness (QED) is 0.397. The van der Waals surface area contributed by atoms with E-state index in [9.17, 15) is 9.59 Å². The monoisotopic (exact) mass is 469 g/mol. The van der Waals surface area contributed by atoms with Crippen LogP contribution >= 0.6 is 11.8 Å². The van der Waals surface area contributed by atoms with Gasteiger partial charge in [0.25, 0.3) is 5.91 Å². The normalized spacial score (nSPS) is 15.3. The molecule has 33 heavy (non-hydrogen) atoms. The Hall–Kier alpha value is -2.61. The smallest absolute Gasteiger partial charge is 0.251 e. The van der Waals surface area contributed by atoms with Crippen molar-refractivity contribution in [2.24, 2.45) is 5.92 Å². The lowest BCUT2D eigenvalue weighted by Crippen LogP contribution is -2.37. The number of nitrogens with zero attached hydrogens (tertiary/aromatic N) is 3. The number of carbonyl (C=O) groups excluding carboxylic acids is 2. The molecule has 1 fully saturated rings. The third-order valence-electron chi connectivity index (χ3n) is 5.87. The van der Waals surface area contributed by atoms with Crippen molar-refractivity contribution in [3.05, 3.63) is 53.9 Å². The van der Waals surface area contributed by atoms with Crippen molar-refractivity contribution in [2.45, 2.75) is 76.7 Å². The Balaban J connectivity index is 1.71. The molecule has 7 nitrogen and oxygen atoms in total. The highest BCUT2D eigenvalue weighted by molar-refractivity contribution is 7.99. The molecule has 1 aliphatic carbocycles. The molecule has 1 aliphatic rings. The first kappa shape index (κ1) is 25.0. The highest BCUT2D eigenvalue weighted by atomic mass is 32.2. The van der Waals surface area contributed by atoms with Gasteiger partial charge in [-0.05, 0) is 37.8 Å². The van der Waals surface area contributed by atoms with E-state index >= 15 is 0 Å². The van der Waals surface area contributed by atoms with Gasteiger partial charge >= 0.3 is 0 Å². The number of amides is 2. The molecule has 1 aromatic carbocycles. The van der Waals surface area contributed by atoms with Crippen molar-refractivity contribution in [3.8, 4) is 0 Å². The maximum atomic E-state index is 12.9. The summed E-state index contributed by atoms with van der Waals surface area (Å²) in [5.41, 5.74) is 1.65. The second-order valence-electron chi connectivity index (χ2n) is 9.00. The van der Waals surface area contributed by atoms with E-state index in [0.29, 0.717) is 23.1 Å². The van der Waals surface area contributed by atoms with Gasteiger partial charge in [0.2, 0.25) is 5.91 Å². The molecule has 0 spiro atoms. The molecule has 178 valence electrons. The van der Waals surface area contributed by atoms with Crippen LogP contribution < -0.4 is 10.6 Å². The van der Waals surface area contributed by atoms with Crippen molar-refractivity contribution in [1.29, 1.82) is 0 Å². The number of aromatic nitrogens is 3. The topological polar surface area (TPSA) is 88.9 Å². The lowest BCUT2D eigenvalue weighted by atomic mass is 9.95. The van der Waals surface area contributed by atoms with Gasteiger partial charge in [-0.15, -0.1) is 16.8 Å². The average Bonchev–Trinajstić information content (AvgIpc) is 3.18. The minimum atomic E-state index is -0.323. The van der Waals surface area contributed by atoms with Gasteiger partial charge in [-0.3, -0.25) is 9.59 Å². The first-order valence-corrected chi connectivity index (χ1v) is 12.7. The molecule has 0 bridgehead atoms. The van der Waals surface area contributed by atoms with E-state index in [1.54, 1.807) is 12.1 Å². The van der Waals surface area contributed by atoms with Gasteiger partial charge in [0.05, 0.1) is 11.8 Å². The summed E-state index contributed by atoms with van der Waals surface area (Å²) in [5, 5.41) is 15.7. The summed E-state index contributed by atoms with van der Waals surface area (Å²) in [6.45, 7) is 10.4. The Bertz CT molecular complexity index is 965. The fourth-order valence-corrected chi connectivity index (χ4v) is 4.89. The van der Waals surface area contributed by atoms with Gasteiger partial charge in [0.15, 0.2) is 11.0 Å². The van der Waals surface area contributed by atoms with Crippen molar-refractivity contribution >= 4 is 23.6 Å². The second-order valence-corrected chi connectivity index (χ2v) is 9.94. The van der Waals surface area contributed by atoms with Gasteiger partial charge < -0.3 is 15.2 Å². The molecule has 1 atom stereocenters. The maximum absolute atomic E-state index is 12.9. The molecule has 0 radical (unpaired) electrons. The zero-order valence-corrected chi connectivity index (χ0v) is 20.7. The maximum Gasteiger partial charge on any atom is 0.251 e. The average molecular weight is 470 g/mol. The van der Waals surface area contributed by atoms with Crippen LogP contribution in [0.2, 0.25) is 0 Å². The molecule has 1 heterocycles. The van der Waals surface area contributed by atoms with Crippen LogP contribution in [-0.2, 0) is 11.3 Å². The summed E-state index contributed by atoms with van der Waals surface area (Å²) >= 11 is 1.37. The lowest BCUT2D eigenvalue weighted by molar-refractivity contribution is -0.119. The summed E-state index contributed by atoms with van der Waals surface area (Å²) in [4.78, 5) is 25.4. The van der Waals surface area contributed by atoms with Gasteiger partial charge in [0, 0.05) is 18.2 Å². The number of carbonyl (C=O) groups is 2. The zero-order chi connectivity index (χ0) is 23.8. The standard InChI is InChI=1S/C25H35N5O2S/c1-5-14-30-23(22(17(2)3)27-24(32)19-11-9-10-18(4)15-19)28-29-25(30)33-16-21(31)26-20-12-7-6-8-13-20/h5,9-11,15,17,20,22H,1,6-8,12-14,16H2,2-4H3,(H,26,31)(H,27,32)/t22-/m1/s1. The molecule has 0 unspecified atom stereocenters. The SMILES string of the molecule is C=CCn1c(SCC(=O)NC2CCCCC2)nnc1[C@H](NC(=O)c1cccc(C)c1)C(C)C. The molecule has 2 aromatic rings. The molecule has 2 N–H and O–H groups in total. The van der Waals surface area contributed by atoms with Crippen LogP contribution in [0, 0.1) is 12.8 Å². The van der Waals surface area contributed by atoms with Crippen LogP contribution in [0.1, 0.15) is 73.7 Å². The predicted molar refractivity (Wildman–Crippen MR) is 132 cm³/mol. The number of hydrogen-bond donors (Lipinski definition) is 2. The molecule has 0 aliphatic heterocycles. The summed E-state index contributed by atoms with van der Waals surface area (Å²) in [6, 6.07) is 7.48. The van der Waals surface area contributed by atoms with E-state index in [1.807, 2.05) is 43.5 Å². The Kier molecular flexibility index (Phi) is 9.11. The Morgan fingerprint density at radius 3 is 2.67 bits per heavy atom. The van der Waals surface area contributed by atoms with Crippen LogP contribution in [0.5, 0.6) is 0 Å². The van der Waals surface area contributed by atoms with Gasteiger partial charge in [-0.1, -0.05) is 68.6 Å². The molecule has 3 rings (SSSR count). The minimum Gasteiger partial charge on any atom is -0.353 e. The third kappa shape index (κ3) is 6.93. The number of aryl methyl sites for hydroxylation is 1. The minimum absolute atomic E-state index is 0.0229. The fraction of sp³-hybridized carbons (Fsp3) is 0.520. The van der Waals surface area contributed by atoms with Gasteiger partial charge in [-0.25, -0.2) is 0 Å². The summed E-state index contributed by atoms with van der Waals surface area (Å²) in [7, 11) is 0. The zero-order valence-electron chi connectivity index (χ0n) is 19.8. The molecule has 2 amide bonds. The fourth-order valence-electron chi connectivity index (χ4n) is 4.12.